The van der Waals surface area contributed by atoms with Crippen LogP contribution in [0.5, 0.6) is 0 Å². The Labute approximate surface area is 168 Å². The van der Waals surface area contributed by atoms with Crippen molar-refractivity contribution in [3.63, 3.8) is 0 Å². The molecule has 0 radical (unpaired) electrons. The normalized spacial score (nSPS) is 10.8. The lowest BCUT2D eigenvalue weighted by molar-refractivity contribution is -0.137. The van der Waals surface area contributed by atoms with E-state index in [1.165, 1.54) is 15.9 Å². The van der Waals surface area contributed by atoms with Crippen molar-refractivity contribution in [2.45, 2.75) is 19.3 Å². The number of hydrogen-bond donors (Lipinski definition) is 1. The third kappa shape index (κ3) is 4.97. The second-order valence-corrected chi connectivity index (χ2v) is 10.0. The zero-order valence-electron chi connectivity index (χ0n) is 15.2. The van der Waals surface area contributed by atoms with E-state index < -0.39 is 13.2 Å². The Balaban J connectivity index is 0.00000261. The molecule has 0 aliphatic carbocycles. The van der Waals surface area contributed by atoms with Crippen molar-refractivity contribution >= 4 is 41.6 Å². The number of rotatable bonds is 8. The number of carbonyl (C=O) groups is 1. The van der Waals surface area contributed by atoms with Crippen LogP contribution in [0.1, 0.15) is 19.3 Å². The van der Waals surface area contributed by atoms with E-state index in [1.54, 1.807) is 0 Å². The number of carboxylic acids is 1. The van der Waals surface area contributed by atoms with Crippen LogP contribution in [0.4, 0.5) is 0 Å². The van der Waals surface area contributed by atoms with Crippen LogP contribution >= 0.6 is 19.7 Å². The third-order valence-electron chi connectivity index (χ3n) is 4.73. The molecular weight excluding hydrogens is 375 g/mol. The van der Waals surface area contributed by atoms with Gasteiger partial charge in [0.1, 0.15) is 23.2 Å². The van der Waals surface area contributed by atoms with Gasteiger partial charge in [-0.1, -0.05) is 54.6 Å². The molecule has 0 fully saturated rings. The maximum absolute atomic E-state index is 10.9. The second kappa shape index (κ2) is 10.3. The van der Waals surface area contributed by atoms with Gasteiger partial charge in [-0.15, -0.1) is 12.4 Å². The summed E-state index contributed by atoms with van der Waals surface area (Å²) >= 11 is 0. The topological polar surface area (TPSA) is 37.3 Å². The summed E-state index contributed by atoms with van der Waals surface area (Å²) in [5.41, 5.74) is 0. The summed E-state index contributed by atoms with van der Waals surface area (Å²) in [7, 11) is -1.81. The minimum absolute atomic E-state index is 0. The van der Waals surface area contributed by atoms with Gasteiger partial charge >= 0.3 is 5.97 Å². The van der Waals surface area contributed by atoms with Crippen molar-refractivity contribution in [2.24, 2.45) is 0 Å². The highest BCUT2D eigenvalue weighted by atomic mass is 35.5. The van der Waals surface area contributed by atoms with Crippen LogP contribution < -0.4 is 15.9 Å². The number of hydrogen-bond acceptors (Lipinski definition) is 1. The van der Waals surface area contributed by atoms with Gasteiger partial charge in [-0.05, 0) is 49.2 Å². The van der Waals surface area contributed by atoms with Crippen LogP contribution in [-0.4, -0.2) is 17.2 Å². The summed E-state index contributed by atoms with van der Waals surface area (Å²) in [6.07, 6.45) is 2.83. The van der Waals surface area contributed by atoms with Crippen molar-refractivity contribution < 1.29 is 9.90 Å². The SMILES string of the molecule is Cl.O=C(O)CCCC[P+](c1ccccc1)(c1ccccc1)c1ccccc1. The number of unbranched alkanes of at least 4 members (excludes halogenated alkanes) is 1. The Morgan fingerprint density at radius 1 is 0.667 bits per heavy atom. The highest BCUT2D eigenvalue weighted by Crippen LogP contribution is 2.55. The lowest BCUT2D eigenvalue weighted by atomic mass is 10.2. The van der Waals surface area contributed by atoms with Crippen LogP contribution in [0.2, 0.25) is 0 Å². The summed E-state index contributed by atoms with van der Waals surface area (Å²) < 4.78 is 0. The van der Waals surface area contributed by atoms with E-state index in [-0.39, 0.29) is 18.8 Å². The number of aliphatic carboxylic acids is 1. The van der Waals surface area contributed by atoms with Gasteiger partial charge in [-0.25, -0.2) is 0 Å². The Morgan fingerprint density at radius 3 is 1.37 bits per heavy atom. The largest absolute Gasteiger partial charge is 0.481 e. The first-order valence-corrected chi connectivity index (χ1v) is 11.0. The zero-order valence-corrected chi connectivity index (χ0v) is 16.9. The molecule has 0 aromatic heterocycles. The lowest BCUT2D eigenvalue weighted by Crippen LogP contribution is -2.33. The smallest absolute Gasteiger partial charge is 0.303 e. The van der Waals surface area contributed by atoms with Gasteiger partial charge in [0.2, 0.25) is 0 Å². The van der Waals surface area contributed by atoms with E-state index in [0.29, 0.717) is 6.42 Å². The van der Waals surface area contributed by atoms with E-state index in [2.05, 4.69) is 91.0 Å². The Kier molecular flexibility index (Phi) is 8.03. The molecule has 3 aromatic rings. The Morgan fingerprint density at radius 2 is 1.04 bits per heavy atom. The van der Waals surface area contributed by atoms with Crippen molar-refractivity contribution in [1.29, 1.82) is 0 Å². The first kappa shape index (κ1) is 21.2. The average molecular weight is 400 g/mol. The van der Waals surface area contributed by atoms with Gasteiger partial charge in [0.25, 0.3) is 0 Å². The van der Waals surface area contributed by atoms with Gasteiger partial charge in [-0.2, -0.15) is 0 Å². The van der Waals surface area contributed by atoms with E-state index in [1.807, 2.05) is 0 Å². The third-order valence-corrected chi connectivity index (χ3v) is 9.25. The number of halogens is 1. The van der Waals surface area contributed by atoms with E-state index in [4.69, 9.17) is 5.11 Å². The molecule has 1 N–H and O–H groups in total. The van der Waals surface area contributed by atoms with Crippen LogP contribution in [-0.2, 0) is 4.79 Å². The molecule has 0 saturated carbocycles. The fraction of sp³-hybridized carbons (Fsp3) is 0.174. The molecule has 0 aliphatic heterocycles. The standard InChI is InChI=1S/C23H23O2P.ClH/c24-23(25)18-10-11-19-26(20-12-4-1-5-13-20,21-14-6-2-7-15-21)22-16-8-3-9-17-22;/h1-9,12-17H,10-11,18-19H2;1H/p+1. The van der Waals surface area contributed by atoms with Crippen molar-refractivity contribution in [3.05, 3.63) is 91.0 Å². The molecule has 3 aromatic carbocycles. The predicted octanol–water partition coefficient (Wildman–Crippen LogP) is 4.66. The Hall–Kier alpha value is -2.15. The molecule has 0 spiro atoms. The summed E-state index contributed by atoms with van der Waals surface area (Å²) in [6, 6.07) is 32.2. The predicted molar refractivity (Wildman–Crippen MR) is 119 cm³/mol. The van der Waals surface area contributed by atoms with Gasteiger partial charge in [0.15, 0.2) is 0 Å². The van der Waals surface area contributed by atoms with E-state index >= 15 is 0 Å². The van der Waals surface area contributed by atoms with Crippen LogP contribution in [0.25, 0.3) is 0 Å². The summed E-state index contributed by atoms with van der Waals surface area (Å²) in [6.45, 7) is 0. The first-order chi connectivity index (χ1) is 12.7. The molecule has 0 atom stereocenters. The molecule has 0 aliphatic rings. The minimum Gasteiger partial charge on any atom is -0.481 e. The van der Waals surface area contributed by atoms with Crippen molar-refractivity contribution in [3.8, 4) is 0 Å². The molecule has 27 heavy (non-hydrogen) atoms. The molecular formula is C23H25ClO2P+. The highest BCUT2D eigenvalue weighted by molar-refractivity contribution is 7.95. The lowest BCUT2D eigenvalue weighted by Gasteiger charge is -2.27. The van der Waals surface area contributed by atoms with Crippen LogP contribution in [0, 0.1) is 0 Å². The second-order valence-electron chi connectivity index (χ2n) is 6.39. The van der Waals surface area contributed by atoms with E-state index in [0.717, 1.165) is 12.6 Å². The fourth-order valence-electron chi connectivity index (χ4n) is 3.51. The van der Waals surface area contributed by atoms with Gasteiger partial charge in [0, 0.05) is 6.42 Å². The van der Waals surface area contributed by atoms with E-state index in [9.17, 15) is 4.79 Å². The molecule has 3 rings (SSSR count). The highest BCUT2D eigenvalue weighted by Gasteiger charge is 2.44. The molecule has 2 nitrogen and oxygen atoms in total. The Bertz CT molecular complexity index is 726. The number of carboxylic acid groups (broad SMARTS) is 1. The van der Waals surface area contributed by atoms with Gasteiger partial charge < -0.3 is 5.11 Å². The maximum atomic E-state index is 10.9. The molecule has 140 valence electrons. The monoisotopic (exact) mass is 399 g/mol. The first-order valence-electron chi connectivity index (χ1n) is 9.00. The quantitative estimate of drug-likeness (QED) is 0.442. The fourth-order valence-corrected chi connectivity index (χ4v) is 7.92. The van der Waals surface area contributed by atoms with Crippen LogP contribution in [0.3, 0.4) is 0 Å². The van der Waals surface area contributed by atoms with Gasteiger partial charge in [0.05, 0.1) is 6.16 Å². The summed E-state index contributed by atoms with van der Waals surface area (Å²) in [5, 5.41) is 13.1. The summed E-state index contributed by atoms with van der Waals surface area (Å²) in [4.78, 5) is 10.9. The van der Waals surface area contributed by atoms with Gasteiger partial charge in [-0.3, -0.25) is 4.79 Å². The molecule has 0 saturated heterocycles. The molecule has 4 heteroatoms. The zero-order chi connectivity index (χ0) is 18.2. The average Bonchev–Trinajstić information content (AvgIpc) is 2.70. The van der Waals surface area contributed by atoms with Crippen LogP contribution in [0.15, 0.2) is 91.0 Å². The molecule has 0 heterocycles. The molecule has 0 amide bonds. The number of benzene rings is 3. The van der Waals surface area contributed by atoms with Crippen molar-refractivity contribution in [1.82, 2.24) is 0 Å². The minimum atomic E-state index is -1.81. The maximum Gasteiger partial charge on any atom is 0.303 e. The summed E-state index contributed by atoms with van der Waals surface area (Å²) in [5.74, 6) is -0.715. The molecule has 0 unspecified atom stereocenters. The molecule has 0 bridgehead atoms. The van der Waals surface area contributed by atoms with Crippen molar-refractivity contribution in [2.75, 3.05) is 6.16 Å².